The van der Waals surface area contributed by atoms with Gasteiger partial charge in [-0.25, -0.2) is 9.97 Å². The minimum absolute atomic E-state index is 0.157. The molecule has 0 bridgehead atoms. The molecule has 0 aromatic carbocycles. The van der Waals surface area contributed by atoms with Crippen molar-refractivity contribution in [2.75, 3.05) is 12.4 Å². The fourth-order valence-corrected chi connectivity index (χ4v) is 4.17. The highest BCUT2D eigenvalue weighted by molar-refractivity contribution is 8.00. The molecule has 0 aliphatic heterocycles. The van der Waals surface area contributed by atoms with E-state index in [0.29, 0.717) is 24.2 Å². The van der Waals surface area contributed by atoms with Crippen LogP contribution in [0.5, 0.6) is 0 Å². The molecule has 2 heterocycles. The zero-order valence-corrected chi connectivity index (χ0v) is 14.0. The predicted octanol–water partition coefficient (Wildman–Crippen LogP) is 3.60. The zero-order valence-electron chi connectivity index (χ0n) is 12.4. The summed E-state index contributed by atoms with van der Waals surface area (Å²) in [5.41, 5.74) is 1.21. The van der Waals surface area contributed by atoms with Crippen molar-refractivity contribution in [3.8, 4) is 0 Å². The number of hydrogen-bond acceptors (Lipinski definition) is 6. The SMILES string of the molecule is Cc1sc2ncnc(SCC(=O)OCC3CC3C)c2c1C. The van der Waals surface area contributed by atoms with Gasteiger partial charge in [-0.1, -0.05) is 18.7 Å². The van der Waals surface area contributed by atoms with Gasteiger partial charge in [0.1, 0.15) is 16.2 Å². The Morgan fingerprint density at radius 3 is 2.95 bits per heavy atom. The summed E-state index contributed by atoms with van der Waals surface area (Å²) in [5.74, 6) is 1.44. The first-order chi connectivity index (χ1) is 10.1. The number of ether oxygens (including phenoxy) is 1. The molecule has 1 aliphatic rings. The van der Waals surface area contributed by atoms with Crippen LogP contribution >= 0.6 is 23.1 Å². The number of carbonyl (C=O) groups excluding carboxylic acids is 1. The molecule has 2 unspecified atom stereocenters. The standard InChI is InChI=1S/C15H18N2O2S2/c1-8-4-11(8)5-19-12(18)6-20-14-13-9(2)10(3)21-15(13)17-7-16-14/h7-8,11H,4-6H2,1-3H3. The molecule has 4 nitrogen and oxygen atoms in total. The van der Waals surface area contributed by atoms with E-state index in [4.69, 9.17) is 4.74 Å². The Balaban J connectivity index is 1.63. The van der Waals surface area contributed by atoms with Crippen LogP contribution < -0.4 is 0 Å². The smallest absolute Gasteiger partial charge is 0.316 e. The first-order valence-corrected chi connectivity index (χ1v) is 8.85. The van der Waals surface area contributed by atoms with Crippen molar-refractivity contribution in [3.63, 3.8) is 0 Å². The van der Waals surface area contributed by atoms with Crippen LogP contribution in [-0.4, -0.2) is 28.3 Å². The first-order valence-electron chi connectivity index (χ1n) is 7.05. The average Bonchev–Trinajstić information content (AvgIpc) is 3.09. The summed E-state index contributed by atoms with van der Waals surface area (Å²) in [4.78, 5) is 22.7. The van der Waals surface area contributed by atoms with E-state index in [0.717, 1.165) is 15.2 Å². The van der Waals surface area contributed by atoms with Crippen molar-refractivity contribution < 1.29 is 9.53 Å². The number of thiophene rings is 1. The highest BCUT2D eigenvalue weighted by Gasteiger charge is 2.33. The summed E-state index contributed by atoms with van der Waals surface area (Å²) in [7, 11) is 0. The number of hydrogen-bond donors (Lipinski definition) is 0. The maximum Gasteiger partial charge on any atom is 0.316 e. The van der Waals surface area contributed by atoms with Gasteiger partial charge < -0.3 is 4.74 Å². The number of nitrogens with zero attached hydrogens (tertiary/aromatic N) is 2. The second-order valence-electron chi connectivity index (χ2n) is 5.59. The lowest BCUT2D eigenvalue weighted by atomic mass is 10.2. The van der Waals surface area contributed by atoms with Gasteiger partial charge in [0.15, 0.2) is 0 Å². The van der Waals surface area contributed by atoms with Crippen LogP contribution in [-0.2, 0) is 9.53 Å². The molecule has 0 radical (unpaired) electrons. The predicted molar refractivity (Wildman–Crippen MR) is 85.8 cm³/mol. The van der Waals surface area contributed by atoms with Gasteiger partial charge in [0.05, 0.1) is 12.4 Å². The Labute approximate surface area is 132 Å². The minimum atomic E-state index is -0.157. The van der Waals surface area contributed by atoms with Gasteiger partial charge in [0.25, 0.3) is 0 Å². The second-order valence-corrected chi connectivity index (χ2v) is 7.75. The molecule has 0 amide bonds. The topological polar surface area (TPSA) is 52.1 Å². The van der Waals surface area contributed by atoms with E-state index in [2.05, 4.69) is 30.7 Å². The monoisotopic (exact) mass is 322 g/mol. The van der Waals surface area contributed by atoms with Crippen LogP contribution in [0.1, 0.15) is 23.8 Å². The van der Waals surface area contributed by atoms with E-state index < -0.39 is 0 Å². The van der Waals surface area contributed by atoms with Crippen molar-refractivity contribution >= 4 is 39.3 Å². The van der Waals surface area contributed by atoms with Gasteiger partial charge >= 0.3 is 5.97 Å². The highest BCUT2D eigenvalue weighted by Crippen LogP contribution is 2.38. The van der Waals surface area contributed by atoms with Gasteiger partial charge in [-0.3, -0.25) is 4.79 Å². The van der Waals surface area contributed by atoms with E-state index in [1.165, 1.54) is 28.6 Å². The van der Waals surface area contributed by atoms with Crippen LogP contribution in [0.4, 0.5) is 0 Å². The molecule has 2 aromatic heterocycles. The van der Waals surface area contributed by atoms with Crippen molar-refractivity contribution in [2.24, 2.45) is 11.8 Å². The molecule has 1 saturated carbocycles. The molecule has 21 heavy (non-hydrogen) atoms. The normalized spacial score (nSPS) is 20.7. The minimum Gasteiger partial charge on any atom is -0.465 e. The highest BCUT2D eigenvalue weighted by atomic mass is 32.2. The summed E-state index contributed by atoms with van der Waals surface area (Å²) in [6, 6.07) is 0. The van der Waals surface area contributed by atoms with Crippen LogP contribution in [0.25, 0.3) is 10.2 Å². The van der Waals surface area contributed by atoms with Crippen LogP contribution in [0, 0.1) is 25.7 Å². The third kappa shape index (κ3) is 3.21. The number of aromatic nitrogens is 2. The Hall–Kier alpha value is -1.14. The summed E-state index contributed by atoms with van der Waals surface area (Å²) in [5, 5.41) is 1.95. The molecule has 2 atom stereocenters. The van der Waals surface area contributed by atoms with E-state index in [9.17, 15) is 4.79 Å². The number of aryl methyl sites for hydroxylation is 2. The molecule has 3 rings (SSSR count). The Kier molecular flexibility index (Phi) is 4.17. The number of esters is 1. The summed E-state index contributed by atoms with van der Waals surface area (Å²) in [6.45, 7) is 6.92. The van der Waals surface area contributed by atoms with Crippen LogP contribution in [0.3, 0.4) is 0 Å². The molecular formula is C15H18N2O2S2. The molecular weight excluding hydrogens is 304 g/mol. The lowest BCUT2D eigenvalue weighted by molar-refractivity contribution is -0.140. The number of thioether (sulfide) groups is 1. The van der Waals surface area contributed by atoms with Crippen LogP contribution in [0.2, 0.25) is 0 Å². The molecule has 1 aliphatic carbocycles. The largest absolute Gasteiger partial charge is 0.465 e. The van der Waals surface area contributed by atoms with Crippen molar-refractivity contribution in [1.29, 1.82) is 0 Å². The van der Waals surface area contributed by atoms with Gasteiger partial charge in [0.2, 0.25) is 0 Å². The van der Waals surface area contributed by atoms with Crippen molar-refractivity contribution in [2.45, 2.75) is 32.2 Å². The molecule has 0 saturated heterocycles. The van der Waals surface area contributed by atoms with Crippen molar-refractivity contribution in [3.05, 3.63) is 16.8 Å². The molecule has 0 spiro atoms. The van der Waals surface area contributed by atoms with Gasteiger partial charge in [-0.05, 0) is 37.7 Å². The van der Waals surface area contributed by atoms with E-state index in [-0.39, 0.29) is 5.97 Å². The van der Waals surface area contributed by atoms with E-state index in [1.807, 2.05) is 0 Å². The lowest BCUT2D eigenvalue weighted by Crippen LogP contribution is -2.10. The maximum atomic E-state index is 11.8. The molecule has 0 N–H and O–H groups in total. The lowest BCUT2D eigenvalue weighted by Gasteiger charge is -2.05. The Morgan fingerprint density at radius 2 is 2.24 bits per heavy atom. The average molecular weight is 322 g/mol. The van der Waals surface area contributed by atoms with Gasteiger partial charge in [-0.2, -0.15) is 0 Å². The first kappa shape index (κ1) is 14.8. The third-order valence-corrected chi connectivity index (χ3v) is 6.07. The summed E-state index contributed by atoms with van der Waals surface area (Å²) < 4.78 is 5.31. The zero-order chi connectivity index (χ0) is 15.0. The molecule has 6 heteroatoms. The second kappa shape index (κ2) is 5.93. The fourth-order valence-electron chi connectivity index (χ4n) is 2.26. The van der Waals surface area contributed by atoms with Crippen LogP contribution in [0.15, 0.2) is 11.4 Å². The quantitative estimate of drug-likeness (QED) is 0.478. The number of fused-ring (bicyclic) bond motifs is 1. The Morgan fingerprint density at radius 1 is 1.48 bits per heavy atom. The number of carbonyl (C=O) groups is 1. The maximum absolute atomic E-state index is 11.8. The molecule has 2 aromatic rings. The summed E-state index contributed by atoms with van der Waals surface area (Å²) >= 11 is 3.11. The van der Waals surface area contributed by atoms with E-state index >= 15 is 0 Å². The third-order valence-electron chi connectivity index (χ3n) is 3.99. The van der Waals surface area contributed by atoms with Crippen molar-refractivity contribution in [1.82, 2.24) is 9.97 Å². The molecule has 112 valence electrons. The Bertz CT molecular complexity index is 684. The summed E-state index contributed by atoms with van der Waals surface area (Å²) in [6.07, 6.45) is 2.75. The molecule has 1 fully saturated rings. The fraction of sp³-hybridized carbons (Fsp3) is 0.533. The van der Waals surface area contributed by atoms with E-state index in [1.54, 1.807) is 17.7 Å². The number of rotatable bonds is 5. The van der Waals surface area contributed by atoms with Gasteiger partial charge in [-0.15, -0.1) is 11.3 Å². The van der Waals surface area contributed by atoms with Gasteiger partial charge in [0, 0.05) is 10.3 Å².